The summed E-state index contributed by atoms with van der Waals surface area (Å²) in [7, 11) is 0. The van der Waals surface area contributed by atoms with E-state index in [9.17, 15) is 10.1 Å². The highest BCUT2D eigenvalue weighted by Crippen LogP contribution is 2.12. The van der Waals surface area contributed by atoms with Crippen LogP contribution in [0.4, 0.5) is 5.69 Å². The van der Waals surface area contributed by atoms with E-state index in [-0.39, 0.29) is 29.7 Å². The van der Waals surface area contributed by atoms with Crippen LogP contribution in [0.2, 0.25) is 0 Å². The Morgan fingerprint density at radius 2 is 2.04 bits per heavy atom. The highest BCUT2D eigenvalue weighted by atomic mass is 127. The quantitative estimate of drug-likeness (QED) is 0.133. The molecule has 1 aromatic carbocycles. The number of nitro groups is 1. The van der Waals surface area contributed by atoms with Crippen LogP contribution in [0.1, 0.15) is 24.7 Å². The van der Waals surface area contributed by atoms with Crippen LogP contribution in [0.3, 0.4) is 0 Å². The molecule has 8 nitrogen and oxygen atoms in total. The molecule has 0 aliphatic heterocycles. The summed E-state index contributed by atoms with van der Waals surface area (Å²) in [6, 6.07) is 10.1. The maximum absolute atomic E-state index is 10.7. The summed E-state index contributed by atoms with van der Waals surface area (Å²) in [6.07, 6.45) is 2.49. The van der Waals surface area contributed by atoms with Crippen molar-refractivity contribution in [2.75, 3.05) is 19.8 Å². The van der Waals surface area contributed by atoms with Crippen molar-refractivity contribution < 1.29 is 14.1 Å². The first-order valence-electron chi connectivity index (χ1n) is 8.54. The molecule has 1 heterocycles. The summed E-state index contributed by atoms with van der Waals surface area (Å²) in [5.41, 5.74) is 0.965. The summed E-state index contributed by atoms with van der Waals surface area (Å²) in [4.78, 5) is 14.8. The molecule has 0 fully saturated rings. The lowest BCUT2D eigenvalue weighted by Gasteiger charge is -2.12. The molecule has 2 N–H and O–H groups in total. The summed E-state index contributed by atoms with van der Waals surface area (Å²) in [5.74, 6) is 1.46. The van der Waals surface area contributed by atoms with Crippen molar-refractivity contribution in [3.63, 3.8) is 0 Å². The Labute approximate surface area is 175 Å². The lowest BCUT2D eigenvalue weighted by molar-refractivity contribution is -0.384. The normalized spacial score (nSPS) is 10.9. The number of benzene rings is 1. The lowest BCUT2D eigenvalue weighted by atomic mass is 10.2. The minimum Gasteiger partial charge on any atom is -0.467 e. The highest BCUT2D eigenvalue weighted by molar-refractivity contribution is 14.0. The van der Waals surface area contributed by atoms with Gasteiger partial charge in [-0.2, -0.15) is 0 Å². The summed E-state index contributed by atoms with van der Waals surface area (Å²) in [5, 5.41) is 17.2. The topological polar surface area (TPSA) is 102 Å². The van der Waals surface area contributed by atoms with E-state index in [1.54, 1.807) is 18.4 Å². The highest BCUT2D eigenvalue weighted by Gasteiger charge is 2.05. The molecule has 0 aliphatic carbocycles. The molecule has 0 saturated carbocycles. The Kier molecular flexibility index (Phi) is 11.1. The Morgan fingerprint density at radius 3 is 2.67 bits per heavy atom. The van der Waals surface area contributed by atoms with Crippen LogP contribution in [0.25, 0.3) is 0 Å². The van der Waals surface area contributed by atoms with E-state index in [0.29, 0.717) is 32.3 Å². The van der Waals surface area contributed by atoms with Crippen molar-refractivity contribution in [1.82, 2.24) is 10.6 Å². The minimum atomic E-state index is -0.413. The molecule has 27 heavy (non-hydrogen) atoms. The molecule has 0 aliphatic rings. The van der Waals surface area contributed by atoms with Gasteiger partial charge in [0.25, 0.3) is 5.69 Å². The standard InChI is InChI=1S/C18H24N4O4.HI/c1-2-25-11-4-10-19-18(21-14-17-5-3-12-26-17)20-13-15-6-8-16(9-7-15)22(23)24;/h3,5-9,12H,2,4,10-11,13-14H2,1H3,(H2,19,20,21);1H. The van der Waals surface area contributed by atoms with Gasteiger partial charge in [-0.3, -0.25) is 10.1 Å². The zero-order chi connectivity index (χ0) is 18.6. The van der Waals surface area contributed by atoms with Gasteiger partial charge in [-0.1, -0.05) is 12.1 Å². The fraction of sp³-hybridized carbons (Fsp3) is 0.389. The number of hydrogen-bond donors (Lipinski definition) is 2. The third kappa shape index (κ3) is 8.87. The molecule has 0 amide bonds. The zero-order valence-electron chi connectivity index (χ0n) is 15.2. The molecule has 2 aromatic rings. The molecular weight excluding hydrogens is 463 g/mol. The number of ether oxygens (including phenoxy) is 1. The number of furan rings is 1. The smallest absolute Gasteiger partial charge is 0.269 e. The number of nitrogens with zero attached hydrogens (tertiary/aromatic N) is 2. The predicted molar refractivity (Wildman–Crippen MR) is 114 cm³/mol. The number of halogens is 1. The van der Waals surface area contributed by atoms with Crippen LogP contribution >= 0.6 is 24.0 Å². The number of guanidine groups is 1. The maximum Gasteiger partial charge on any atom is 0.269 e. The largest absolute Gasteiger partial charge is 0.467 e. The van der Waals surface area contributed by atoms with Crippen LogP contribution in [-0.4, -0.2) is 30.6 Å². The number of hydrogen-bond acceptors (Lipinski definition) is 5. The molecular formula is C18H25IN4O4. The van der Waals surface area contributed by atoms with Crippen molar-refractivity contribution in [3.05, 3.63) is 64.1 Å². The van der Waals surface area contributed by atoms with Gasteiger partial charge in [0.15, 0.2) is 5.96 Å². The minimum absolute atomic E-state index is 0. The van der Waals surface area contributed by atoms with E-state index >= 15 is 0 Å². The van der Waals surface area contributed by atoms with E-state index in [4.69, 9.17) is 9.15 Å². The van der Waals surface area contributed by atoms with Gasteiger partial charge in [0.1, 0.15) is 5.76 Å². The second-order valence-corrected chi connectivity index (χ2v) is 5.50. The van der Waals surface area contributed by atoms with Crippen LogP contribution in [0, 0.1) is 10.1 Å². The first-order chi connectivity index (χ1) is 12.7. The van der Waals surface area contributed by atoms with Crippen molar-refractivity contribution in [2.45, 2.75) is 26.4 Å². The predicted octanol–water partition coefficient (Wildman–Crippen LogP) is 3.47. The van der Waals surface area contributed by atoms with Gasteiger partial charge in [0, 0.05) is 31.9 Å². The monoisotopic (exact) mass is 488 g/mol. The van der Waals surface area contributed by atoms with Crippen molar-refractivity contribution >= 4 is 35.6 Å². The molecule has 1 aromatic heterocycles. The third-order valence-corrected chi connectivity index (χ3v) is 3.54. The average Bonchev–Trinajstić information content (AvgIpc) is 3.17. The first-order valence-corrected chi connectivity index (χ1v) is 8.54. The van der Waals surface area contributed by atoms with E-state index in [2.05, 4.69) is 15.6 Å². The third-order valence-electron chi connectivity index (χ3n) is 3.54. The van der Waals surface area contributed by atoms with Gasteiger partial charge < -0.3 is 19.8 Å². The number of nitrogens with one attached hydrogen (secondary N) is 2. The van der Waals surface area contributed by atoms with Crippen molar-refractivity contribution in [1.29, 1.82) is 0 Å². The summed E-state index contributed by atoms with van der Waals surface area (Å²) >= 11 is 0. The molecule has 0 unspecified atom stereocenters. The molecule has 0 bridgehead atoms. The Bertz CT molecular complexity index is 690. The Balaban J connectivity index is 0.00000364. The van der Waals surface area contributed by atoms with E-state index < -0.39 is 4.92 Å². The van der Waals surface area contributed by atoms with Gasteiger partial charge in [0.2, 0.25) is 0 Å². The summed E-state index contributed by atoms with van der Waals surface area (Å²) < 4.78 is 10.6. The number of rotatable bonds is 10. The maximum atomic E-state index is 10.7. The zero-order valence-corrected chi connectivity index (χ0v) is 17.6. The molecule has 148 valence electrons. The van der Waals surface area contributed by atoms with Crippen molar-refractivity contribution in [3.8, 4) is 0 Å². The van der Waals surface area contributed by atoms with Crippen LogP contribution in [0.15, 0.2) is 52.1 Å². The second kappa shape index (κ2) is 13.1. The SMILES string of the molecule is CCOCCCNC(=NCc1ccc([N+](=O)[O-])cc1)NCc1ccco1.I. The van der Waals surface area contributed by atoms with Gasteiger partial charge >= 0.3 is 0 Å². The average molecular weight is 488 g/mol. The molecule has 9 heteroatoms. The Morgan fingerprint density at radius 1 is 1.26 bits per heavy atom. The van der Waals surface area contributed by atoms with Crippen LogP contribution < -0.4 is 10.6 Å². The fourth-order valence-electron chi connectivity index (χ4n) is 2.18. The van der Waals surface area contributed by atoms with E-state index in [1.807, 2.05) is 19.1 Å². The van der Waals surface area contributed by atoms with Crippen LogP contribution in [0.5, 0.6) is 0 Å². The van der Waals surface area contributed by atoms with E-state index in [1.165, 1.54) is 12.1 Å². The summed E-state index contributed by atoms with van der Waals surface area (Å²) in [6.45, 7) is 5.02. The van der Waals surface area contributed by atoms with Gasteiger partial charge in [-0.25, -0.2) is 4.99 Å². The Hall–Kier alpha value is -2.14. The molecule has 0 saturated heterocycles. The lowest BCUT2D eigenvalue weighted by Crippen LogP contribution is -2.37. The number of nitro benzene ring substituents is 1. The molecule has 0 spiro atoms. The fourth-order valence-corrected chi connectivity index (χ4v) is 2.18. The molecule has 0 radical (unpaired) electrons. The molecule has 2 rings (SSSR count). The second-order valence-electron chi connectivity index (χ2n) is 5.50. The van der Waals surface area contributed by atoms with Crippen molar-refractivity contribution in [2.24, 2.45) is 4.99 Å². The van der Waals surface area contributed by atoms with Gasteiger partial charge in [-0.05, 0) is 31.0 Å². The molecule has 0 atom stereocenters. The number of aliphatic imine (C=N–C) groups is 1. The van der Waals surface area contributed by atoms with Gasteiger partial charge in [0.05, 0.1) is 24.3 Å². The first kappa shape index (κ1) is 22.9. The number of non-ortho nitro benzene ring substituents is 1. The van der Waals surface area contributed by atoms with Crippen LogP contribution in [-0.2, 0) is 17.8 Å². The van der Waals surface area contributed by atoms with E-state index in [0.717, 1.165) is 24.3 Å². The van der Waals surface area contributed by atoms with Gasteiger partial charge in [-0.15, -0.1) is 24.0 Å².